The Morgan fingerprint density at radius 2 is 1.74 bits per heavy atom. The van der Waals surface area contributed by atoms with Gasteiger partial charge in [-0.3, -0.25) is 9.59 Å². The van der Waals surface area contributed by atoms with Gasteiger partial charge < -0.3 is 14.8 Å². The SMILES string of the molecule is Cc1cc(C)c(S(=O)(=O)N2CCCC2C(=O)OCC(=O)Nc2ccc(OC(F)F)cc2)c(C)c1. The lowest BCUT2D eigenvalue weighted by atomic mass is 10.1. The Hall–Kier alpha value is -3.05. The number of nitrogens with one attached hydrogen (secondary N) is 1. The third-order valence-corrected chi connectivity index (χ3v) is 7.57. The molecule has 0 bridgehead atoms. The van der Waals surface area contributed by atoms with E-state index in [1.807, 2.05) is 6.92 Å². The summed E-state index contributed by atoms with van der Waals surface area (Å²) >= 11 is 0. The number of esters is 1. The highest BCUT2D eigenvalue weighted by molar-refractivity contribution is 7.89. The molecular weight excluding hydrogens is 470 g/mol. The highest BCUT2D eigenvalue weighted by Crippen LogP contribution is 2.31. The van der Waals surface area contributed by atoms with Crippen LogP contribution in [-0.4, -0.2) is 50.4 Å². The number of carbonyl (C=O) groups is 2. The molecule has 1 amide bonds. The van der Waals surface area contributed by atoms with Gasteiger partial charge in [-0.05, 0) is 69.0 Å². The third kappa shape index (κ3) is 5.89. The van der Waals surface area contributed by atoms with E-state index in [-0.39, 0.29) is 29.3 Å². The molecule has 8 nitrogen and oxygen atoms in total. The topological polar surface area (TPSA) is 102 Å². The van der Waals surface area contributed by atoms with Crippen LogP contribution in [-0.2, 0) is 24.3 Å². The molecule has 184 valence electrons. The van der Waals surface area contributed by atoms with E-state index in [0.29, 0.717) is 17.5 Å². The lowest BCUT2D eigenvalue weighted by molar-refractivity contribution is -0.150. The quantitative estimate of drug-likeness (QED) is 0.561. The molecule has 2 aromatic rings. The van der Waals surface area contributed by atoms with Gasteiger partial charge in [-0.15, -0.1) is 0 Å². The van der Waals surface area contributed by atoms with E-state index in [1.54, 1.807) is 26.0 Å². The number of nitrogens with zero attached hydrogens (tertiary/aromatic N) is 1. The summed E-state index contributed by atoms with van der Waals surface area (Å²) in [5.74, 6) is -1.53. The molecule has 2 aromatic carbocycles. The highest BCUT2D eigenvalue weighted by Gasteiger charge is 2.41. The summed E-state index contributed by atoms with van der Waals surface area (Å²) < 4.78 is 61.6. The van der Waals surface area contributed by atoms with Crippen molar-refractivity contribution in [1.29, 1.82) is 0 Å². The van der Waals surface area contributed by atoms with Crippen LogP contribution in [0.3, 0.4) is 0 Å². The third-order valence-electron chi connectivity index (χ3n) is 5.36. The molecule has 0 spiro atoms. The standard InChI is InChI=1S/C23H26F2N2O6S/c1-14-11-15(2)21(16(3)12-14)34(30,31)27-10-4-5-19(27)22(29)32-13-20(28)26-17-6-8-18(9-7-17)33-23(24)25/h6-9,11-12,19,23H,4-5,10,13H2,1-3H3,(H,26,28). The number of halogens is 2. The fourth-order valence-corrected chi connectivity index (χ4v) is 6.17. The fraction of sp³-hybridized carbons (Fsp3) is 0.391. The van der Waals surface area contributed by atoms with Gasteiger partial charge in [-0.25, -0.2) is 8.42 Å². The maximum absolute atomic E-state index is 13.4. The number of hydrogen-bond acceptors (Lipinski definition) is 6. The van der Waals surface area contributed by atoms with Gasteiger partial charge in [0.05, 0.1) is 4.90 Å². The summed E-state index contributed by atoms with van der Waals surface area (Å²) in [7, 11) is -3.94. The van der Waals surface area contributed by atoms with Gasteiger partial charge in [-0.2, -0.15) is 13.1 Å². The van der Waals surface area contributed by atoms with Crippen LogP contribution < -0.4 is 10.1 Å². The van der Waals surface area contributed by atoms with Gasteiger partial charge in [0.15, 0.2) is 6.61 Å². The zero-order valence-corrected chi connectivity index (χ0v) is 19.8. The van der Waals surface area contributed by atoms with Crippen LogP contribution in [0.2, 0.25) is 0 Å². The van der Waals surface area contributed by atoms with Gasteiger partial charge in [0.25, 0.3) is 5.91 Å². The van der Waals surface area contributed by atoms with Crippen molar-refractivity contribution in [2.24, 2.45) is 0 Å². The van der Waals surface area contributed by atoms with Crippen molar-refractivity contribution in [2.75, 3.05) is 18.5 Å². The predicted molar refractivity (Wildman–Crippen MR) is 120 cm³/mol. The summed E-state index contributed by atoms with van der Waals surface area (Å²) in [6, 6.07) is 7.75. The van der Waals surface area contributed by atoms with Crippen molar-refractivity contribution in [3.05, 3.63) is 53.1 Å². The second kappa shape index (κ2) is 10.5. The number of benzene rings is 2. The molecule has 11 heteroatoms. The number of anilines is 1. The van der Waals surface area contributed by atoms with Crippen LogP contribution in [0.25, 0.3) is 0 Å². The van der Waals surface area contributed by atoms with Crippen molar-refractivity contribution in [2.45, 2.75) is 51.2 Å². The normalized spacial score (nSPS) is 16.5. The molecule has 1 saturated heterocycles. The van der Waals surface area contributed by atoms with E-state index in [1.165, 1.54) is 24.3 Å². The molecule has 3 rings (SSSR count). The first kappa shape index (κ1) is 25.6. The number of rotatable bonds is 8. The van der Waals surface area contributed by atoms with Gasteiger partial charge in [0.2, 0.25) is 10.0 Å². The Morgan fingerprint density at radius 1 is 1.12 bits per heavy atom. The Balaban J connectivity index is 1.63. The highest BCUT2D eigenvalue weighted by atomic mass is 32.2. The van der Waals surface area contributed by atoms with Crippen molar-refractivity contribution in [3.63, 3.8) is 0 Å². The maximum atomic E-state index is 13.4. The first-order valence-corrected chi connectivity index (χ1v) is 12.0. The Kier molecular flexibility index (Phi) is 7.88. The molecule has 1 atom stereocenters. The molecule has 1 N–H and O–H groups in total. The van der Waals surface area contributed by atoms with E-state index in [4.69, 9.17) is 4.74 Å². The summed E-state index contributed by atoms with van der Waals surface area (Å²) in [6.45, 7) is 1.90. The lowest BCUT2D eigenvalue weighted by Crippen LogP contribution is -2.42. The number of sulfonamides is 1. The van der Waals surface area contributed by atoms with E-state index >= 15 is 0 Å². The van der Waals surface area contributed by atoms with Crippen molar-refractivity contribution in [3.8, 4) is 5.75 Å². The smallest absolute Gasteiger partial charge is 0.387 e. The molecule has 1 unspecified atom stereocenters. The number of alkyl halides is 2. The first-order chi connectivity index (χ1) is 16.0. The van der Waals surface area contributed by atoms with Crippen molar-refractivity contribution < 1.29 is 36.3 Å². The minimum absolute atomic E-state index is 0.0685. The molecule has 0 aromatic heterocycles. The van der Waals surface area contributed by atoms with Gasteiger partial charge in [0, 0.05) is 12.2 Å². The molecule has 1 fully saturated rings. The monoisotopic (exact) mass is 496 g/mol. The molecule has 0 aliphatic carbocycles. The Morgan fingerprint density at radius 3 is 2.32 bits per heavy atom. The summed E-state index contributed by atoms with van der Waals surface area (Å²) in [6.07, 6.45) is 0.775. The zero-order chi connectivity index (χ0) is 25.0. The number of hydrogen-bond donors (Lipinski definition) is 1. The van der Waals surface area contributed by atoms with Crippen LogP contribution in [0.1, 0.15) is 29.5 Å². The van der Waals surface area contributed by atoms with E-state index < -0.39 is 41.2 Å². The Labute approximate surface area is 196 Å². The van der Waals surface area contributed by atoms with Crippen molar-refractivity contribution in [1.82, 2.24) is 4.31 Å². The second-order valence-electron chi connectivity index (χ2n) is 8.06. The van der Waals surface area contributed by atoms with Gasteiger partial charge in [0.1, 0.15) is 11.8 Å². The molecule has 0 radical (unpaired) electrons. The lowest BCUT2D eigenvalue weighted by Gasteiger charge is -2.24. The number of amides is 1. The first-order valence-electron chi connectivity index (χ1n) is 10.6. The molecule has 1 heterocycles. The minimum Gasteiger partial charge on any atom is -0.454 e. The molecule has 1 aliphatic rings. The summed E-state index contributed by atoms with van der Waals surface area (Å²) in [5, 5.41) is 2.46. The number of carbonyl (C=O) groups excluding carboxylic acids is 2. The van der Waals surface area contributed by atoms with E-state index in [2.05, 4.69) is 10.1 Å². The van der Waals surface area contributed by atoms with Crippen LogP contribution in [0.15, 0.2) is 41.3 Å². The predicted octanol–water partition coefficient (Wildman–Crippen LogP) is 3.55. The summed E-state index contributed by atoms with van der Waals surface area (Å²) in [4.78, 5) is 25.0. The van der Waals surface area contributed by atoms with Crippen LogP contribution in [0.5, 0.6) is 5.75 Å². The van der Waals surface area contributed by atoms with Crippen molar-refractivity contribution >= 4 is 27.6 Å². The largest absolute Gasteiger partial charge is 0.454 e. The van der Waals surface area contributed by atoms with Gasteiger partial charge >= 0.3 is 12.6 Å². The van der Waals surface area contributed by atoms with Gasteiger partial charge in [-0.1, -0.05) is 17.7 Å². The van der Waals surface area contributed by atoms with Crippen LogP contribution in [0, 0.1) is 20.8 Å². The van der Waals surface area contributed by atoms with E-state index in [0.717, 1.165) is 9.87 Å². The zero-order valence-electron chi connectivity index (χ0n) is 19.0. The Bertz CT molecular complexity index is 1150. The second-order valence-corrected chi connectivity index (χ2v) is 9.89. The molecule has 34 heavy (non-hydrogen) atoms. The number of ether oxygens (including phenoxy) is 2. The average Bonchev–Trinajstić information content (AvgIpc) is 3.23. The molecule has 0 saturated carbocycles. The van der Waals surface area contributed by atoms with Crippen LogP contribution in [0.4, 0.5) is 14.5 Å². The number of aryl methyl sites for hydroxylation is 3. The van der Waals surface area contributed by atoms with Crippen LogP contribution >= 0.6 is 0 Å². The minimum atomic E-state index is -3.94. The maximum Gasteiger partial charge on any atom is 0.387 e. The molecular formula is C23H26F2N2O6S. The molecule has 1 aliphatic heterocycles. The fourth-order valence-electron chi connectivity index (χ4n) is 4.10. The summed E-state index contributed by atoms with van der Waals surface area (Å²) in [5.41, 5.74) is 2.42. The average molecular weight is 497 g/mol. The van der Waals surface area contributed by atoms with E-state index in [9.17, 15) is 26.8 Å².